The smallest absolute Gasteiger partial charge is 0.218 e. The zero-order valence-corrected chi connectivity index (χ0v) is 11.8. The number of hydrogen-bond donors (Lipinski definition) is 2. The van der Waals surface area contributed by atoms with E-state index in [0.29, 0.717) is 11.7 Å². The van der Waals surface area contributed by atoms with Gasteiger partial charge in [0.2, 0.25) is 5.88 Å². The van der Waals surface area contributed by atoms with Crippen LogP contribution in [0.5, 0.6) is 5.88 Å². The molecule has 0 bridgehead atoms. The Morgan fingerprint density at radius 3 is 2.68 bits per heavy atom. The van der Waals surface area contributed by atoms with Crippen molar-refractivity contribution in [1.29, 1.82) is 0 Å². The number of nitrogens with zero attached hydrogens (tertiary/aromatic N) is 2. The molecule has 2 N–H and O–H groups in total. The summed E-state index contributed by atoms with van der Waals surface area (Å²) in [6.45, 7) is 2.83. The molecule has 1 aromatic rings. The molecule has 0 unspecified atom stereocenters. The van der Waals surface area contributed by atoms with Crippen LogP contribution in [0.2, 0.25) is 0 Å². The fraction of sp³-hybridized carbons (Fsp3) is 0.714. The van der Waals surface area contributed by atoms with Gasteiger partial charge in [-0.25, -0.2) is 4.98 Å². The summed E-state index contributed by atoms with van der Waals surface area (Å²) in [5.41, 5.74) is 0.00431. The first-order valence-electron chi connectivity index (χ1n) is 6.92. The van der Waals surface area contributed by atoms with Crippen LogP contribution in [0.1, 0.15) is 37.9 Å². The third kappa shape index (κ3) is 3.56. The first-order chi connectivity index (χ1) is 9.17. The number of nitrogens with one attached hydrogen (secondary N) is 1. The van der Waals surface area contributed by atoms with Gasteiger partial charge in [0.05, 0.1) is 13.7 Å². The molecule has 0 atom stereocenters. The van der Waals surface area contributed by atoms with Gasteiger partial charge in [-0.05, 0) is 19.8 Å². The van der Waals surface area contributed by atoms with E-state index in [1.54, 1.807) is 13.2 Å². The van der Waals surface area contributed by atoms with E-state index in [1.807, 2.05) is 6.92 Å². The highest BCUT2D eigenvalue weighted by Gasteiger charge is 2.31. The molecule has 0 aromatic carbocycles. The lowest BCUT2D eigenvalue weighted by molar-refractivity contribution is 0.0943. The molecule has 1 aromatic heterocycles. The lowest BCUT2D eigenvalue weighted by Crippen LogP contribution is -2.35. The Balaban J connectivity index is 2.02. The molecule has 1 fully saturated rings. The molecule has 1 saturated carbocycles. The van der Waals surface area contributed by atoms with Crippen molar-refractivity contribution in [3.8, 4) is 5.88 Å². The zero-order chi connectivity index (χ0) is 13.7. The number of ether oxygens (including phenoxy) is 1. The van der Waals surface area contributed by atoms with Crippen molar-refractivity contribution in [2.24, 2.45) is 5.41 Å². The standard InChI is InChI=1S/C14H23N3O2/c1-11-16-12(8-13(17-11)19-2)15-9-14(10-18)6-4-3-5-7-14/h8,18H,3-7,9-10H2,1-2H3,(H,15,16,17). The first kappa shape index (κ1) is 14.1. The summed E-state index contributed by atoms with van der Waals surface area (Å²) in [7, 11) is 1.60. The highest BCUT2D eigenvalue weighted by Crippen LogP contribution is 2.35. The van der Waals surface area contributed by atoms with Gasteiger partial charge < -0.3 is 15.2 Å². The van der Waals surface area contributed by atoms with E-state index in [1.165, 1.54) is 19.3 Å². The minimum Gasteiger partial charge on any atom is -0.481 e. The molecule has 1 aliphatic rings. The minimum atomic E-state index is 0.00431. The summed E-state index contributed by atoms with van der Waals surface area (Å²) in [6.07, 6.45) is 5.85. The Bertz CT molecular complexity index is 417. The average molecular weight is 265 g/mol. The summed E-state index contributed by atoms with van der Waals surface area (Å²) in [6, 6.07) is 1.79. The number of aryl methyl sites for hydroxylation is 1. The quantitative estimate of drug-likeness (QED) is 0.854. The summed E-state index contributed by atoms with van der Waals surface area (Å²) in [5, 5.41) is 13.0. The molecule has 5 heteroatoms. The monoisotopic (exact) mass is 265 g/mol. The maximum atomic E-state index is 9.68. The number of aliphatic hydroxyl groups excluding tert-OH is 1. The molecule has 1 heterocycles. The van der Waals surface area contributed by atoms with Gasteiger partial charge in [0.15, 0.2) is 0 Å². The number of methoxy groups -OCH3 is 1. The molecule has 106 valence electrons. The van der Waals surface area contributed by atoms with E-state index in [-0.39, 0.29) is 12.0 Å². The van der Waals surface area contributed by atoms with E-state index in [9.17, 15) is 5.11 Å². The second-order valence-corrected chi connectivity index (χ2v) is 5.42. The third-order valence-corrected chi connectivity index (χ3v) is 3.92. The fourth-order valence-electron chi connectivity index (χ4n) is 2.71. The van der Waals surface area contributed by atoms with Crippen LogP contribution < -0.4 is 10.1 Å². The molecule has 0 saturated heterocycles. The molecule has 0 spiro atoms. The highest BCUT2D eigenvalue weighted by molar-refractivity contribution is 5.38. The molecular weight excluding hydrogens is 242 g/mol. The number of rotatable bonds is 5. The molecular formula is C14H23N3O2. The van der Waals surface area contributed by atoms with E-state index in [0.717, 1.165) is 25.2 Å². The van der Waals surface area contributed by atoms with Crippen LogP contribution in [0.3, 0.4) is 0 Å². The largest absolute Gasteiger partial charge is 0.481 e. The Hall–Kier alpha value is -1.36. The van der Waals surface area contributed by atoms with Gasteiger partial charge in [-0.3, -0.25) is 0 Å². The topological polar surface area (TPSA) is 67.3 Å². The molecule has 1 aliphatic carbocycles. The van der Waals surface area contributed by atoms with E-state index in [2.05, 4.69) is 15.3 Å². The summed E-state index contributed by atoms with van der Waals surface area (Å²) in [4.78, 5) is 8.51. The number of anilines is 1. The lowest BCUT2D eigenvalue weighted by atomic mass is 9.74. The van der Waals surface area contributed by atoms with Crippen LogP contribution >= 0.6 is 0 Å². The summed E-state index contributed by atoms with van der Waals surface area (Å²) in [5.74, 6) is 2.02. The molecule has 0 radical (unpaired) electrons. The molecule has 2 rings (SSSR count). The second kappa shape index (κ2) is 6.19. The average Bonchev–Trinajstić information content (AvgIpc) is 2.45. The maximum absolute atomic E-state index is 9.68. The molecule has 0 aliphatic heterocycles. The van der Waals surface area contributed by atoms with Crippen molar-refractivity contribution >= 4 is 5.82 Å². The van der Waals surface area contributed by atoms with Gasteiger partial charge in [0.25, 0.3) is 0 Å². The number of aromatic nitrogens is 2. The van der Waals surface area contributed by atoms with Crippen LogP contribution in [-0.4, -0.2) is 35.3 Å². The first-order valence-corrected chi connectivity index (χ1v) is 6.92. The number of aliphatic hydroxyl groups is 1. The van der Waals surface area contributed by atoms with Crippen molar-refractivity contribution < 1.29 is 9.84 Å². The van der Waals surface area contributed by atoms with Gasteiger partial charge in [-0.1, -0.05) is 19.3 Å². The van der Waals surface area contributed by atoms with E-state index >= 15 is 0 Å². The van der Waals surface area contributed by atoms with Crippen LogP contribution in [-0.2, 0) is 0 Å². The van der Waals surface area contributed by atoms with Crippen LogP contribution in [0.4, 0.5) is 5.82 Å². The molecule has 0 amide bonds. The van der Waals surface area contributed by atoms with Crippen molar-refractivity contribution in [3.63, 3.8) is 0 Å². The maximum Gasteiger partial charge on any atom is 0.218 e. The Kier molecular flexibility index (Phi) is 4.58. The van der Waals surface area contributed by atoms with Crippen molar-refractivity contribution in [2.75, 3.05) is 25.6 Å². The normalized spacial score (nSPS) is 18.1. The lowest BCUT2D eigenvalue weighted by Gasteiger charge is -2.35. The van der Waals surface area contributed by atoms with Gasteiger partial charge in [-0.2, -0.15) is 4.98 Å². The Labute approximate surface area is 114 Å². The van der Waals surface area contributed by atoms with E-state index < -0.39 is 0 Å². The van der Waals surface area contributed by atoms with E-state index in [4.69, 9.17) is 4.74 Å². The Morgan fingerprint density at radius 1 is 1.32 bits per heavy atom. The van der Waals surface area contributed by atoms with Crippen molar-refractivity contribution in [2.45, 2.75) is 39.0 Å². The molecule has 19 heavy (non-hydrogen) atoms. The van der Waals surface area contributed by atoms with Crippen LogP contribution in [0.25, 0.3) is 0 Å². The van der Waals surface area contributed by atoms with Gasteiger partial charge in [0.1, 0.15) is 11.6 Å². The molecule has 5 nitrogen and oxygen atoms in total. The van der Waals surface area contributed by atoms with Gasteiger partial charge >= 0.3 is 0 Å². The van der Waals surface area contributed by atoms with Crippen molar-refractivity contribution in [1.82, 2.24) is 9.97 Å². The second-order valence-electron chi connectivity index (χ2n) is 5.42. The SMILES string of the molecule is COc1cc(NCC2(CO)CCCCC2)nc(C)n1. The van der Waals surface area contributed by atoms with Crippen LogP contribution in [0.15, 0.2) is 6.07 Å². The highest BCUT2D eigenvalue weighted by atomic mass is 16.5. The number of hydrogen-bond acceptors (Lipinski definition) is 5. The van der Waals surface area contributed by atoms with Gasteiger partial charge in [0, 0.05) is 18.0 Å². The fourth-order valence-corrected chi connectivity index (χ4v) is 2.71. The minimum absolute atomic E-state index is 0.00431. The predicted octanol–water partition coefficient (Wildman–Crippen LogP) is 2.15. The summed E-state index contributed by atoms with van der Waals surface area (Å²) >= 11 is 0. The van der Waals surface area contributed by atoms with Crippen molar-refractivity contribution in [3.05, 3.63) is 11.9 Å². The summed E-state index contributed by atoms with van der Waals surface area (Å²) < 4.78 is 5.14. The van der Waals surface area contributed by atoms with Gasteiger partial charge in [-0.15, -0.1) is 0 Å². The van der Waals surface area contributed by atoms with Crippen LogP contribution in [0, 0.1) is 12.3 Å². The zero-order valence-electron chi connectivity index (χ0n) is 11.8. The predicted molar refractivity (Wildman–Crippen MR) is 74.4 cm³/mol. The Morgan fingerprint density at radius 2 is 2.05 bits per heavy atom. The third-order valence-electron chi connectivity index (χ3n) is 3.92.